The Balaban J connectivity index is 1.96. The predicted octanol–water partition coefficient (Wildman–Crippen LogP) is 3.47. The number of hydrogen-bond acceptors (Lipinski definition) is 3. The van der Waals surface area contributed by atoms with Crippen molar-refractivity contribution in [3.63, 3.8) is 0 Å². The number of carbonyl (C=O) groups excluding carboxylic acids is 1. The van der Waals surface area contributed by atoms with Crippen molar-refractivity contribution in [3.8, 4) is 0 Å². The maximum Gasteiger partial charge on any atom is 0.356 e. The van der Waals surface area contributed by atoms with Gasteiger partial charge in [0.05, 0.1) is 7.11 Å². The molecule has 3 unspecified atom stereocenters. The van der Waals surface area contributed by atoms with Gasteiger partial charge in [0, 0.05) is 12.2 Å². The van der Waals surface area contributed by atoms with Crippen LogP contribution in [0.5, 0.6) is 0 Å². The van der Waals surface area contributed by atoms with Gasteiger partial charge in [0.2, 0.25) is 0 Å². The predicted molar refractivity (Wildman–Crippen MR) is 74.7 cm³/mol. The van der Waals surface area contributed by atoms with E-state index in [4.69, 9.17) is 17.0 Å². The third-order valence-corrected chi connectivity index (χ3v) is 5.15. The number of methoxy groups -OCH3 is 1. The summed E-state index contributed by atoms with van der Waals surface area (Å²) < 4.78 is 7.52. The molecule has 3 atom stereocenters. The molecule has 2 aliphatic rings. The fourth-order valence-corrected chi connectivity index (χ4v) is 4.28. The lowest BCUT2D eigenvalue weighted by atomic mass is 9.80. The minimum absolute atomic E-state index is 0.299. The van der Waals surface area contributed by atoms with Gasteiger partial charge >= 0.3 is 5.97 Å². The smallest absolute Gasteiger partial charge is 0.356 e. The van der Waals surface area contributed by atoms with Crippen molar-refractivity contribution in [2.24, 2.45) is 11.8 Å². The summed E-state index contributed by atoms with van der Waals surface area (Å²) in [5.74, 6) is 1.20. The molecule has 1 heterocycles. The Morgan fingerprint density at radius 2 is 2.16 bits per heavy atom. The number of aromatic nitrogens is 2. The molecule has 1 aromatic heterocycles. The van der Waals surface area contributed by atoms with Crippen molar-refractivity contribution in [1.29, 1.82) is 0 Å². The van der Waals surface area contributed by atoms with Gasteiger partial charge in [-0.2, -0.15) is 0 Å². The summed E-state index contributed by atoms with van der Waals surface area (Å²) in [5, 5.41) is 0. The SMILES string of the molecule is COC(=O)c1c[nH]c(=S)n1C1CCC2CCCCC21. The minimum Gasteiger partial charge on any atom is -0.464 e. The van der Waals surface area contributed by atoms with Crippen LogP contribution < -0.4 is 0 Å². The quantitative estimate of drug-likeness (QED) is 0.666. The third kappa shape index (κ3) is 2.14. The van der Waals surface area contributed by atoms with E-state index in [-0.39, 0.29) is 5.97 Å². The molecule has 5 heteroatoms. The Labute approximate surface area is 118 Å². The average Bonchev–Trinajstić information content (AvgIpc) is 3.01. The molecule has 1 N–H and O–H groups in total. The van der Waals surface area contributed by atoms with E-state index in [1.54, 1.807) is 6.20 Å². The molecule has 2 aliphatic carbocycles. The Hall–Kier alpha value is -1.10. The van der Waals surface area contributed by atoms with Crippen LogP contribution in [0, 0.1) is 16.6 Å². The van der Waals surface area contributed by atoms with E-state index < -0.39 is 0 Å². The number of hydrogen-bond donors (Lipinski definition) is 1. The van der Waals surface area contributed by atoms with Crippen molar-refractivity contribution in [2.45, 2.75) is 44.6 Å². The number of nitrogens with zero attached hydrogens (tertiary/aromatic N) is 1. The van der Waals surface area contributed by atoms with Crippen molar-refractivity contribution in [2.75, 3.05) is 7.11 Å². The number of nitrogens with one attached hydrogen (secondary N) is 1. The van der Waals surface area contributed by atoms with Crippen LogP contribution in [0.1, 0.15) is 55.1 Å². The van der Waals surface area contributed by atoms with Gasteiger partial charge in [0.1, 0.15) is 5.69 Å². The summed E-state index contributed by atoms with van der Waals surface area (Å²) in [6.07, 6.45) is 9.35. The molecule has 2 saturated carbocycles. The maximum atomic E-state index is 11.9. The van der Waals surface area contributed by atoms with Crippen molar-refractivity contribution < 1.29 is 9.53 Å². The fraction of sp³-hybridized carbons (Fsp3) is 0.714. The van der Waals surface area contributed by atoms with Crippen LogP contribution in [0.3, 0.4) is 0 Å². The van der Waals surface area contributed by atoms with Crippen LogP contribution in [-0.4, -0.2) is 22.6 Å². The van der Waals surface area contributed by atoms with E-state index in [2.05, 4.69) is 4.98 Å². The number of imidazole rings is 1. The van der Waals surface area contributed by atoms with Gasteiger partial charge in [-0.15, -0.1) is 0 Å². The molecule has 0 radical (unpaired) electrons. The average molecular weight is 280 g/mol. The lowest BCUT2D eigenvalue weighted by Gasteiger charge is -2.30. The molecule has 0 bridgehead atoms. The van der Waals surface area contributed by atoms with Gasteiger partial charge in [-0.3, -0.25) is 0 Å². The number of esters is 1. The highest BCUT2D eigenvalue weighted by Crippen LogP contribution is 2.48. The van der Waals surface area contributed by atoms with Crippen LogP contribution in [0.4, 0.5) is 0 Å². The molecule has 104 valence electrons. The van der Waals surface area contributed by atoms with Crippen molar-refractivity contribution in [1.82, 2.24) is 9.55 Å². The van der Waals surface area contributed by atoms with E-state index in [9.17, 15) is 4.79 Å². The number of carbonyl (C=O) groups is 1. The lowest BCUT2D eigenvalue weighted by Crippen LogP contribution is -2.24. The molecule has 4 nitrogen and oxygen atoms in total. The van der Waals surface area contributed by atoms with Crippen LogP contribution in [0.2, 0.25) is 0 Å². The molecule has 0 saturated heterocycles. The molecule has 2 fully saturated rings. The second kappa shape index (κ2) is 5.12. The zero-order valence-electron chi connectivity index (χ0n) is 11.2. The van der Waals surface area contributed by atoms with Gasteiger partial charge in [-0.1, -0.05) is 19.3 Å². The summed E-state index contributed by atoms with van der Waals surface area (Å²) >= 11 is 5.37. The summed E-state index contributed by atoms with van der Waals surface area (Å²) in [6, 6.07) is 0.373. The number of H-pyrrole nitrogens is 1. The molecule has 0 spiro atoms. The zero-order chi connectivity index (χ0) is 13.4. The molecule has 1 aromatic rings. The minimum atomic E-state index is -0.299. The van der Waals surface area contributed by atoms with Crippen molar-refractivity contribution >= 4 is 18.2 Å². The number of ether oxygens (including phenoxy) is 1. The van der Waals surface area contributed by atoms with E-state index >= 15 is 0 Å². The normalized spacial score (nSPS) is 30.1. The number of fused-ring (bicyclic) bond motifs is 1. The lowest BCUT2D eigenvalue weighted by molar-refractivity contribution is 0.0582. The first-order chi connectivity index (χ1) is 9.22. The van der Waals surface area contributed by atoms with E-state index in [0.29, 0.717) is 22.4 Å². The number of aromatic amines is 1. The van der Waals surface area contributed by atoms with Crippen LogP contribution in [0.15, 0.2) is 6.20 Å². The van der Waals surface area contributed by atoms with E-state index in [1.165, 1.54) is 39.2 Å². The summed E-state index contributed by atoms with van der Waals surface area (Å²) in [7, 11) is 1.42. The van der Waals surface area contributed by atoms with Gasteiger partial charge in [0.25, 0.3) is 0 Å². The third-order valence-electron chi connectivity index (χ3n) is 4.83. The standard InChI is InChI=1S/C14H20N2O2S/c1-18-13(17)12-8-15-14(19)16(12)11-7-6-9-4-2-3-5-10(9)11/h8-11H,2-7H2,1H3,(H,15,19). The first-order valence-corrected chi connectivity index (χ1v) is 7.51. The maximum absolute atomic E-state index is 11.9. The van der Waals surface area contributed by atoms with Gasteiger partial charge in [-0.05, 0) is 43.3 Å². The van der Waals surface area contributed by atoms with Crippen LogP contribution >= 0.6 is 12.2 Å². The highest BCUT2D eigenvalue weighted by Gasteiger charge is 2.39. The summed E-state index contributed by atoms with van der Waals surface area (Å²) in [6.45, 7) is 0. The molecule has 3 rings (SSSR count). The highest BCUT2D eigenvalue weighted by atomic mass is 32.1. The Morgan fingerprint density at radius 3 is 2.95 bits per heavy atom. The van der Waals surface area contributed by atoms with Crippen LogP contribution in [0.25, 0.3) is 0 Å². The first kappa shape index (κ1) is 12.9. The van der Waals surface area contributed by atoms with Gasteiger partial charge in [-0.25, -0.2) is 4.79 Å². The number of rotatable bonds is 2. The molecule has 0 aromatic carbocycles. The largest absolute Gasteiger partial charge is 0.464 e. The monoisotopic (exact) mass is 280 g/mol. The first-order valence-electron chi connectivity index (χ1n) is 7.10. The zero-order valence-corrected chi connectivity index (χ0v) is 12.0. The summed E-state index contributed by atoms with van der Waals surface area (Å²) in [4.78, 5) is 14.9. The van der Waals surface area contributed by atoms with Crippen LogP contribution in [-0.2, 0) is 4.74 Å². The molecule has 0 amide bonds. The van der Waals surface area contributed by atoms with E-state index in [0.717, 1.165) is 12.3 Å². The topological polar surface area (TPSA) is 47.0 Å². The molecular formula is C14H20N2O2S. The Kier molecular flexibility index (Phi) is 3.48. The van der Waals surface area contributed by atoms with E-state index in [1.807, 2.05) is 4.57 Å². The fourth-order valence-electron chi connectivity index (χ4n) is 3.99. The second-order valence-corrected chi connectivity index (χ2v) is 6.08. The second-order valence-electron chi connectivity index (χ2n) is 5.69. The summed E-state index contributed by atoms with van der Waals surface area (Å²) in [5.41, 5.74) is 0.573. The molecule has 0 aliphatic heterocycles. The van der Waals surface area contributed by atoms with Crippen molar-refractivity contribution in [3.05, 3.63) is 16.7 Å². The highest BCUT2D eigenvalue weighted by molar-refractivity contribution is 7.71. The molecular weight excluding hydrogens is 260 g/mol. The van der Waals surface area contributed by atoms with Gasteiger partial charge < -0.3 is 14.3 Å². The molecule has 19 heavy (non-hydrogen) atoms. The Bertz CT molecular complexity index is 534. The Morgan fingerprint density at radius 1 is 1.37 bits per heavy atom. The van der Waals surface area contributed by atoms with Gasteiger partial charge in [0.15, 0.2) is 4.77 Å².